The minimum atomic E-state index is 0.0341. The van der Waals surface area contributed by atoms with Crippen LogP contribution in [0.3, 0.4) is 0 Å². The molecular weight excluding hydrogens is 272 g/mol. The summed E-state index contributed by atoms with van der Waals surface area (Å²) in [6.07, 6.45) is 5.88. The molecule has 1 saturated carbocycles. The minimum Gasteiger partial charge on any atom is -0.322 e. The lowest BCUT2D eigenvalue weighted by Crippen LogP contribution is -2.41. The molecule has 0 bridgehead atoms. The van der Waals surface area contributed by atoms with E-state index in [0.717, 1.165) is 17.1 Å². The lowest BCUT2D eigenvalue weighted by Gasteiger charge is -2.28. The summed E-state index contributed by atoms with van der Waals surface area (Å²) in [4.78, 5) is 14.4. The van der Waals surface area contributed by atoms with Crippen LogP contribution in [0.15, 0.2) is 0 Å². The van der Waals surface area contributed by atoms with E-state index in [9.17, 15) is 4.79 Å². The number of carbonyl (C=O) groups is 1. The van der Waals surface area contributed by atoms with Crippen molar-refractivity contribution in [2.45, 2.75) is 44.4 Å². The third-order valence-electron chi connectivity index (χ3n) is 4.07. The number of anilines is 1. The van der Waals surface area contributed by atoms with E-state index in [1.54, 1.807) is 0 Å². The van der Waals surface area contributed by atoms with Gasteiger partial charge in [0.15, 0.2) is 0 Å². The number of thioether (sulfide) groups is 1. The third kappa shape index (κ3) is 3.35. The average Bonchev–Trinajstić information content (AvgIpc) is 3.00. The molecule has 5 nitrogen and oxygen atoms in total. The van der Waals surface area contributed by atoms with E-state index in [-0.39, 0.29) is 5.91 Å². The van der Waals surface area contributed by atoms with Crippen molar-refractivity contribution in [3.63, 3.8) is 0 Å². The van der Waals surface area contributed by atoms with Crippen LogP contribution in [0.2, 0.25) is 0 Å². The van der Waals surface area contributed by atoms with Gasteiger partial charge in [0.2, 0.25) is 5.91 Å². The molecule has 0 aliphatic heterocycles. The maximum absolute atomic E-state index is 12.2. The van der Waals surface area contributed by atoms with Gasteiger partial charge in [-0.2, -0.15) is 16.9 Å². The SMILES string of the molecule is CS[C@@H]1CCC[C@@H]1N(C)CC(=O)Nc1c(C)n[nH]c1C. The van der Waals surface area contributed by atoms with Gasteiger partial charge in [0.25, 0.3) is 0 Å². The Kier molecular flexibility index (Phi) is 5.10. The summed E-state index contributed by atoms with van der Waals surface area (Å²) in [5.41, 5.74) is 2.55. The highest BCUT2D eigenvalue weighted by atomic mass is 32.2. The highest BCUT2D eigenvalue weighted by Gasteiger charge is 2.30. The number of hydrogen-bond donors (Lipinski definition) is 2. The summed E-state index contributed by atoms with van der Waals surface area (Å²) >= 11 is 1.92. The van der Waals surface area contributed by atoms with Gasteiger partial charge in [-0.25, -0.2) is 0 Å². The van der Waals surface area contributed by atoms with Gasteiger partial charge in [-0.05, 0) is 40.0 Å². The van der Waals surface area contributed by atoms with Crippen LogP contribution in [0.5, 0.6) is 0 Å². The first kappa shape index (κ1) is 15.4. The fourth-order valence-electron chi connectivity index (χ4n) is 2.94. The lowest BCUT2D eigenvalue weighted by molar-refractivity contribution is -0.117. The van der Waals surface area contributed by atoms with E-state index in [1.807, 2.05) is 32.7 Å². The molecule has 0 saturated heterocycles. The maximum Gasteiger partial charge on any atom is 0.238 e. The van der Waals surface area contributed by atoms with Gasteiger partial charge < -0.3 is 5.32 Å². The molecule has 1 aliphatic carbocycles. The second-order valence-electron chi connectivity index (χ2n) is 5.54. The molecule has 0 aromatic carbocycles. The van der Waals surface area contributed by atoms with E-state index in [2.05, 4.69) is 26.7 Å². The Balaban J connectivity index is 1.91. The molecule has 2 rings (SSSR count). The predicted octanol–water partition coefficient (Wildman–Crippen LogP) is 2.18. The van der Waals surface area contributed by atoms with Crippen LogP contribution in [0, 0.1) is 13.8 Å². The predicted molar refractivity (Wildman–Crippen MR) is 84.3 cm³/mol. The Bertz CT molecular complexity index is 454. The standard InChI is InChI=1S/C14H24N4OS/c1-9-14(10(2)17-16-9)15-13(19)8-18(3)11-6-5-7-12(11)20-4/h11-12H,5-8H2,1-4H3,(H,15,19)(H,16,17)/t11-,12+/m0/s1. The number of nitrogens with zero attached hydrogens (tertiary/aromatic N) is 2. The molecule has 1 amide bonds. The van der Waals surface area contributed by atoms with Crippen LogP contribution in [0.1, 0.15) is 30.7 Å². The molecule has 1 aromatic rings. The van der Waals surface area contributed by atoms with Crippen LogP contribution < -0.4 is 5.32 Å². The zero-order valence-electron chi connectivity index (χ0n) is 12.7. The molecule has 1 heterocycles. The van der Waals surface area contributed by atoms with Crippen molar-refractivity contribution in [1.82, 2.24) is 15.1 Å². The van der Waals surface area contributed by atoms with Crippen molar-refractivity contribution >= 4 is 23.4 Å². The van der Waals surface area contributed by atoms with Crippen LogP contribution in [0.25, 0.3) is 0 Å². The van der Waals surface area contributed by atoms with Gasteiger partial charge >= 0.3 is 0 Å². The molecule has 0 spiro atoms. The number of carbonyl (C=O) groups excluding carboxylic acids is 1. The quantitative estimate of drug-likeness (QED) is 0.874. The molecule has 0 unspecified atom stereocenters. The van der Waals surface area contributed by atoms with Crippen LogP contribution in [-0.2, 0) is 4.79 Å². The summed E-state index contributed by atoms with van der Waals surface area (Å²) < 4.78 is 0. The molecule has 1 aromatic heterocycles. The fourth-order valence-corrected chi connectivity index (χ4v) is 4.00. The summed E-state index contributed by atoms with van der Waals surface area (Å²) in [6.45, 7) is 4.25. The van der Waals surface area contributed by atoms with Crippen molar-refractivity contribution < 1.29 is 4.79 Å². The average molecular weight is 296 g/mol. The topological polar surface area (TPSA) is 61.0 Å². The van der Waals surface area contributed by atoms with Crippen LogP contribution in [0.4, 0.5) is 5.69 Å². The molecular formula is C14H24N4OS. The number of hydrogen-bond acceptors (Lipinski definition) is 4. The summed E-state index contributed by atoms with van der Waals surface area (Å²) in [5, 5.41) is 10.6. The van der Waals surface area contributed by atoms with Gasteiger partial charge in [0.1, 0.15) is 0 Å². The second kappa shape index (κ2) is 6.63. The molecule has 1 aliphatic rings. The fraction of sp³-hybridized carbons (Fsp3) is 0.714. The van der Waals surface area contributed by atoms with E-state index < -0.39 is 0 Å². The number of H-pyrrole nitrogens is 1. The van der Waals surface area contributed by atoms with Crippen molar-refractivity contribution in [2.24, 2.45) is 0 Å². The van der Waals surface area contributed by atoms with Gasteiger partial charge in [0, 0.05) is 11.3 Å². The molecule has 2 atom stereocenters. The van der Waals surface area contributed by atoms with E-state index in [4.69, 9.17) is 0 Å². The minimum absolute atomic E-state index is 0.0341. The Labute approximate surface area is 124 Å². The Morgan fingerprint density at radius 2 is 2.25 bits per heavy atom. The normalized spacial score (nSPS) is 22.4. The number of nitrogens with one attached hydrogen (secondary N) is 2. The van der Waals surface area contributed by atoms with E-state index >= 15 is 0 Å². The first-order chi connectivity index (χ1) is 9.52. The summed E-state index contributed by atoms with van der Waals surface area (Å²) in [5.74, 6) is 0.0341. The largest absolute Gasteiger partial charge is 0.322 e. The smallest absolute Gasteiger partial charge is 0.238 e. The number of amides is 1. The van der Waals surface area contributed by atoms with Gasteiger partial charge in [0.05, 0.1) is 23.6 Å². The first-order valence-electron chi connectivity index (χ1n) is 7.07. The molecule has 0 radical (unpaired) electrons. The Morgan fingerprint density at radius 3 is 2.85 bits per heavy atom. The molecule has 6 heteroatoms. The van der Waals surface area contributed by atoms with Crippen molar-refractivity contribution in [2.75, 3.05) is 25.2 Å². The molecule has 2 N–H and O–H groups in total. The zero-order valence-corrected chi connectivity index (χ0v) is 13.5. The van der Waals surface area contributed by atoms with Crippen molar-refractivity contribution in [3.05, 3.63) is 11.4 Å². The number of aromatic amines is 1. The number of likely N-dealkylation sites (N-methyl/N-ethyl adjacent to an activating group) is 1. The first-order valence-corrected chi connectivity index (χ1v) is 8.36. The number of aromatic nitrogens is 2. The number of rotatable bonds is 5. The lowest BCUT2D eigenvalue weighted by atomic mass is 10.2. The summed E-state index contributed by atoms with van der Waals surface area (Å²) in [7, 11) is 2.05. The second-order valence-corrected chi connectivity index (χ2v) is 6.62. The number of aryl methyl sites for hydroxylation is 2. The van der Waals surface area contributed by atoms with Crippen LogP contribution >= 0.6 is 11.8 Å². The third-order valence-corrected chi connectivity index (χ3v) is 5.23. The van der Waals surface area contributed by atoms with Gasteiger partial charge in [-0.3, -0.25) is 14.8 Å². The molecule has 112 valence electrons. The highest BCUT2D eigenvalue weighted by molar-refractivity contribution is 7.99. The summed E-state index contributed by atoms with van der Waals surface area (Å²) in [6, 6.07) is 0.516. The Hall–Kier alpha value is -1.01. The van der Waals surface area contributed by atoms with E-state index in [0.29, 0.717) is 17.8 Å². The van der Waals surface area contributed by atoms with E-state index in [1.165, 1.54) is 19.3 Å². The van der Waals surface area contributed by atoms with Gasteiger partial charge in [-0.1, -0.05) is 6.42 Å². The Morgan fingerprint density at radius 1 is 1.50 bits per heavy atom. The molecule has 1 fully saturated rings. The zero-order chi connectivity index (χ0) is 14.7. The van der Waals surface area contributed by atoms with Crippen molar-refractivity contribution in [1.29, 1.82) is 0 Å². The maximum atomic E-state index is 12.2. The highest BCUT2D eigenvalue weighted by Crippen LogP contribution is 2.31. The van der Waals surface area contributed by atoms with Crippen molar-refractivity contribution in [3.8, 4) is 0 Å². The van der Waals surface area contributed by atoms with Gasteiger partial charge in [-0.15, -0.1) is 0 Å². The molecule has 20 heavy (non-hydrogen) atoms. The van der Waals surface area contributed by atoms with Crippen LogP contribution in [-0.4, -0.2) is 52.1 Å². The monoisotopic (exact) mass is 296 g/mol.